The molecule has 1 amide bonds. The fourth-order valence-corrected chi connectivity index (χ4v) is 1.65. The van der Waals surface area contributed by atoms with Crippen molar-refractivity contribution in [2.75, 3.05) is 0 Å². The van der Waals surface area contributed by atoms with Crippen LogP contribution in [-0.2, 0) is 11.2 Å². The van der Waals surface area contributed by atoms with E-state index in [1.165, 1.54) is 0 Å². The van der Waals surface area contributed by atoms with Gasteiger partial charge in [-0.3, -0.25) is 0 Å². The third-order valence-electron chi connectivity index (χ3n) is 2.36. The first-order chi connectivity index (χ1) is 8.80. The zero-order valence-electron chi connectivity index (χ0n) is 11.6. The van der Waals surface area contributed by atoms with E-state index in [2.05, 4.69) is 11.9 Å². The molecule has 3 nitrogen and oxygen atoms in total. The van der Waals surface area contributed by atoms with Crippen molar-refractivity contribution in [3.63, 3.8) is 0 Å². The Labute approximate surface area is 119 Å². The minimum Gasteiger partial charge on any atom is -0.444 e. The lowest BCUT2D eigenvalue weighted by Gasteiger charge is -2.22. The molecule has 0 aliphatic heterocycles. The van der Waals surface area contributed by atoms with Crippen LogP contribution in [0, 0.1) is 0 Å². The highest BCUT2D eigenvalue weighted by molar-refractivity contribution is 6.30. The van der Waals surface area contributed by atoms with Crippen LogP contribution in [-0.4, -0.2) is 17.7 Å². The van der Waals surface area contributed by atoms with Crippen LogP contribution in [0.4, 0.5) is 4.79 Å². The van der Waals surface area contributed by atoms with Crippen molar-refractivity contribution in [2.24, 2.45) is 0 Å². The van der Waals surface area contributed by atoms with E-state index >= 15 is 0 Å². The number of nitrogens with one attached hydrogen (secondary N) is 1. The van der Waals surface area contributed by atoms with Crippen molar-refractivity contribution in [1.29, 1.82) is 0 Å². The van der Waals surface area contributed by atoms with Gasteiger partial charge in [-0.05, 0) is 44.9 Å². The first-order valence-electron chi connectivity index (χ1n) is 6.16. The van der Waals surface area contributed by atoms with Gasteiger partial charge in [0.15, 0.2) is 0 Å². The monoisotopic (exact) mass is 281 g/mol. The smallest absolute Gasteiger partial charge is 0.408 e. The number of alkyl carbamates (subject to hydrolysis) is 1. The van der Waals surface area contributed by atoms with E-state index in [-0.39, 0.29) is 6.04 Å². The average Bonchev–Trinajstić information content (AvgIpc) is 2.28. The van der Waals surface area contributed by atoms with Crippen molar-refractivity contribution in [3.05, 3.63) is 47.5 Å². The molecule has 1 atom stereocenters. The molecule has 1 rings (SSSR count). The van der Waals surface area contributed by atoms with Crippen molar-refractivity contribution in [2.45, 2.75) is 38.8 Å². The number of ether oxygens (including phenoxy) is 1. The Morgan fingerprint density at radius 1 is 1.42 bits per heavy atom. The van der Waals surface area contributed by atoms with E-state index in [1.807, 2.05) is 45.0 Å². The second kappa shape index (κ2) is 6.62. The summed E-state index contributed by atoms with van der Waals surface area (Å²) in [5, 5.41) is 3.47. The normalized spacial score (nSPS) is 12.6. The molecule has 0 aliphatic rings. The molecule has 19 heavy (non-hydrogen) atoms. The molecule has 0 spiro atoms. The zero-order chi connectivity index (χ0) is 14.5. The Morgan fingerprint density at radius 2 is 2.00 bits per heavy atom. The number of hydrogen-bond acceptors (Lipinski definition) is 2. The molecule has 0 aromatic heterocycles. The number of carbonyl (C=O) groups is 1. The molecule has 0 saturated carbocycles. The first kappa shape index (κ1) is 15.6. The lowest BCUT2D eigenvalue weighted by Crippen LogP contribution is -2.39. The molecular weight excluding hydrogens is 262 g/mol. The van der Waals surface area contributed by atoms with E-state index in [0.29, 0.717) is 11.4 Å². The highest BCUT2D eigenvalue weighted by Gasteiger charge is 2.18. The summed E-state index contributed by atoms with van der Waals surface area (Å²) in [5.74, 6) is 0. The molecule has 1 N–H and O–H groups in total. The summed E-state index contributed by atoms with van der Waals surface area (Å²) in [5.41, 5.74) is 0.571. The van der Waals surface area contributed by atoms with Gasteiger partial charge in [-0.15, -0.1) is 6.58 Å². The maximum absolute atomic E-state index is 11.7. The molecule has 0 saturated heterocycles. The van der Waals surface area contributed by atoms with E-state index < -0.39 is 11.7 Å². The molecule has 0 bridgehead atoms. The molecule has 0 aliphatic carbocycles. The van der Waals surface area contributed by atoms with Crippen LogP contribution in [0.25, 0.3) is 0 Å². The minimum absolute atomic E-state index is 0.170. The van der Waals surface area contributed by atoms with Gasteiger partial charge in [0.1, 0.15) is 5.60 Å². The third kappa shape index (κ3) is 6.30. The first-order valence-corrected chi connectivity index (χ1v) is 6.54. The molecule has 1 aromatic carbocycles. The Kier molecular flexibility index (Phi) is 5.43. The van der Waals surface area contributed by atoms with Crippen molar-refractivity contribution >= 4 is 17.7 Å². The molecule has 4 heteroatoms. The number of benzene rings is 1. The summed E-state index contributed by atoms with van der Waals surface area (Å²) in [6.07, 6.45) is 1.91. The SMILES string of the molecule is C=CC(Cc1ccc(Cl)cc1)NC(=O)OC(C)(C)C. The summed E-state index contributed by atoms with van der Waals surface area (Å²) in [4.78, 5) is 11.7. The fraction of sp³-hybridized carbons (Fsp3) is 0.400. The van der Waals surface area contributed by atoms with Crippen LogP contribution < -0.4 is 5.32 Å². The van der Waals surface area contributed by atoms with Crippen LogP contribution in [0.5, 0.6) is 0 Å². The van der Waals surface area contributed by atoms with Crippen LogP contribution >= 0.6 is 11.6 Å². The number of rotatable bonds is 4. The predicted molar refractivity (Wildman–Crippen MR) is 78.5 cm³/mol. The van der Waals surface area contributed by atoms with Gasteiger partial charge >= 0.3 is 6.09 Å². The summed E-state index contributed by atoms with van der Waals surface area (Å²) >= 11 is 5.83. The fourth-order valence-electron chi connectivity index (χ4n) is 1.53. The molecule has 1 unspecified atom stereocenters. The molecule has 1 aromatic rings. The number of halogens is 1. The van der Waals surface area contributed by atoms with Gasteiger partial charge in [-0.1, -0.05) is 29.8 Å². The van der Waals surface area contributed by atoms with E-state index in [4.69, 9.17) is 16.3 Å². The Hall–Kier alpha value is -1.48. The largest absolute Gasteiger partial charge is 0.444 e. The maximum Gasteiger partial charge on any atom is 0.408 e. The van der Waals surface area contributed by atoms with Gasteiger partial charge in [0.05, 0.1) is 6.04 Å². The lowest BCUT2D eigenvalue weighted by atomic mass is 10.1. The van der Waals surface area contributed by atoms with Crippen molar-refractivity contribution < 1.29 is 9.53 Å². The molecule has 0 heterocycles. The summed E-state index contributed by atoms with van der Waals surface area (Å²) in [6.45, 7) is 9.21. The average molecular weight is 282 g/mol. The van der Waals surface area contributed by atoms with Gasteiger partial charge in [0, 0.05) is 5.02 Å². The minimum atomic E-state index is -0.504. The van der Waals surface area contributed by atoms with E-state index in [1.54, 1.807) is 6.08 Å². The quantitative estimate of drug-likeness (QED) is 0.848. The van der Waals surface area contributed by atoms with Gasteiger partial charge < -0.3 is 10.1 Å². The topological polar surface area (TPSA) is 38.3 Å². The molecule has 104 valence electrons. The van der Waals surface area contributed by atoms with E-state index in [0.717, 1.165) is 5.56 Å². The number of carbonyl (C=O) groups excluding carboxylic acids is 1. The van der Waals surface area contributed by atoms with Crippen LogP contribution in [0.2, 0.25) is 5.02 Å². The van der Waals surface area contributed by atoms with E-state index in [9.17, 15) is 4.79 Å². The summed E-state index contributed by atoms with van der Waals surface area (Å²) in [7, 11) is 0. The maximum atomic E-state index is 11.7. The lowest BCUT2D eigenvalue weighted by molar-refractivity contribution is 0.0514. The van der Waals surface area contributed by atoms with Crippen molar-refractivity contribution in [1.82, 2.24) is 5.32 Å². The highest BCUT2D eigenvalue weighted by atomic mass is 35.5. The molecule has 0 fully saturated rings. The second-order valence-corrected chi connectivity index (χ2v) is 5.76. The van der Waals surface area contributed by atoms with Gasteiger partial charge in [0.25, 0.3) is 0 Å². The second-order valence-electron chi connectivity index (χ2n) is 5.32. The summed E-state index contributed by atoms with van der Waals surface area (Å²) in [6, 6.07) is 7.33. The molecule has 0 radical (unpaired) electrons. The van der Waals surface area contributed by atoms with Crippen molar-refractivity contribution in [3.8, 4) is 0 Å². The van der Waals surface area contributed by atoms with Gasteiger partial charge in [-0.2, -0.15) is 0 Å². The number of hydrogen-bond donors (Lipinski definition) is 1. The Balaban J connectivity index is 2.57. The van der Waals surface area contributed by atoms with Gasteiger partial charge in [0.2, 0.25) is 0 Å². The predicted octanol–water partition coefficient (Wildman–Crippen LogP) is 3.96. The van der Waals surface area contributed by atoms with Gasteiger partial charge in [-0.25, -0.2) is 4.79 Å². The standard InChI is InChI=1S/C15H20ClNO2/c1-5-13(17-14(18)19-15(2,3)4)10-11-6-8-12(16)9-7-11/h5-9,13H,1,10H2,2-4H3,(H,17,18). The Bertz CT molecular complexity index is 434. The van der Waals surface area contributed by atoms with Crippen LogP contribution in [0.1, 0.15) is 26.3 Å². The van der Waals surface area contributed by atoms with Crippen LogP contribution in [0.3, 0.4) is 0 Å². The zero-order valence-corrected chi connectivity index (χ0v) is 12.3. The highest BCUT2D eigenvalue weighted by Crippen LogP contribution is 2.12. The van der Waals surface area contributed by atoms with Crippen LogP contribution in [0.15, 0.2) is 36.9 Å². The third-order valence-corrected chi connectivity index (χ3v) is 2.61. The Morgan fingerprint density at radius 3 is 2.47 bits per heavy atom. The molecular formula is C15H20ClNO2. The summed E-state index contributed by atoms with van der Waals surface area (Å²) < 4.78 is 5.21. The number of amides is 1.